The zero-order chi connectivity index (χ0) is 18.4. The molecule has 0 saturated carbocycles. The van der Waals surface area contributed by atoms with Gasteiger partial charge in [-0.2, -0.15) is 0 Å². The topological polar surface area (TPSA) is 45.2 Å². The maximum Gasteiger partial charge on any atom is 0.255 e. The Labute approximate surface area is 158 Å². The highest BCUT2D eigenvalue weighted by molar-refractivity contribution is 6.31. The van der Waals surface area contributed by atoms with Gasteiger partial charge in [0.2, 0.25) is 0 Å². The number of hydrogen-bond donors (Lipinski definition) is 1. The summed E-state index contributed by atoms with van der Waals surface area (Å²) < 4.78 is 0. The highest BCUT2D eigenvalue weighted by Crippen LogP contribution is 2.18. The highest BCUT2D eigenvalue weighted by Gasteiger charge is 2.13. The quantitative estimate of drug-likeness (QED) is 0.693. The second-order valence-electron chi connectivity index (χ2n) is 6.05. The Bertz CT molecular complexity index is 883. The fourth-order valence-electron chi connectivity index (χ4n) is 2.64. The predicted molar refractivity (Wildman–Crippen MR) is 105 cm³/mol. The van der Waals surface area contributed by atoms with E-state index in [1.54, 1.807) is 24.3 Å². The maximum atomic E-state index is 12.7. The molecule has 2 aromatic carbocycles. The first-order valence-corrected chi connectivity index (χ1v) is 8.73. The first kappa shape index (κ1) is 18.0. The normalized spacial score (nSPS) is 10.4. The van der Waals surface area contributed by atoms with Gasteiger partial charge in [-0.3, -0.25) is 9.78 Å². The minimum Gasteiger partial charge on any atom is -0.380 e. The van der Waals surface area contributed by atoms with Crippen molar-refractivity contribution in [3.8, 4) is 0 Å². The molecule has 0 aliphatic carbocycles. The molecular formula is C21H20ClN3O. The van der Waals surface area contributed by atoms with Crippen molar-refractivity contribution in [2.75, 3.05) is 12.4 Å². The summed E-state index contributed by atoms with van der Waals surface area (Å²) in [5.74, 6) is -0.0669. The summed E-state index contributed by atoms with van der Waals surface area (Å²) >= 11 is 6.17. The summed E-state index contributed by atoms with van der Waals surface area (Å²) in [4.78, 5) is 18.5. The van der Waals surface area contributed by atoms with Crippen LogP contribution in [-0.4, -0.2) is 22.8 Å². The van der Waals surface area contributed by atoms with Crippen molar-refractivity contribution in [1.29, 1.82) is 0 Å². The monoisotopic (exact) mass is 365 g/mol. The SMILES string of the molecule is CN(Cc1ccccc1)C(=O)c1cncc(NCc2ccccc2Cl)c1. The number of rotatable bonds is 6. The fraction of sp³-hybridized carbons (Fsp3) is 0.143. The Balaban J connectivity index is 1.66. The van der Waals surface area contributed by atoms with E-state index >= 15 is 0 Å². The van der Waals surface area contributed by atoms with Crippen molar-refractivity contribution in [1.82, 2.24) is 9.88 Å². The van der Waals surface area contributed by atoms with Crippen LogP contribution in [0.4, 0.5) is 5.69 Å². The van der Waals surface area contributed by atoms with Crippen molar-refractivity contribution in [2.45, 2.75) is 13.1 Å². The number of nitrogens with zero attached hydrogens (tertiary/aromatic N) is 2. The van der Waals surface area contributed by atoms with Crippen LogP contribution in [0.3, 0.4) is 0 Å². The molecule has 0 unspecified atom stereocenters. The molecule has 0 saturated heterocycles. The van der Waals surface area contributed by atoms with Crippen LogP contribution in [0.2, 0.25) is 5.02 Å². The molecule has 132 valence electrons. The third-order valence-electron chi connectivity index (χ3n) is 4.04. The molecule has 1 aromatic heterocycles. The lowest BCUT2D eigenvalue weighted by Gasteiger charge is -2.17. The van der Waals surface area contributed by atoms with E-state index in [0.717, 1.165) is 16.8 Å². The summed E-state index contributed by atoms with van der Waals surface area (Å²) in [5.41, 5.74) is 3.41. The smallest absolute Gasteiger partial charge is 0.255 e. The van der Waals surface area contributed by atoms with Crippen LogP contribution in [0.25, 0.3) is 0 Å². The first-order chi connectivity index (χ1) is 12.6. The third-order valence-corrected chi connectivity index (χ3v) is 4.40. The second kappa shape index (κ2) is 8.50. The number of aromatic nitrogens is 1. The van der Waals surface area contributed by atoms with Crippen LogP contribution in [0, 0.1) is 0 Å². The van der Waals surface area contributed by atoms with Gasteiger partial charge in [-0.1, -0.05) is 60.1 Å². The van der Waals surface area contributed by atoms with Crippen molar-refractivity contribution in [3.63, 3.8) is 0 Å². The summed E-state index contributed by atoms with van der Waals surface area (Å²) in [6, 6.07) is 19.4. The van der Waals surface area contributed by atoms with Crippen molar-refractivity contribution < 1.29 is 4.79 Å². The summed E-state index contributed by atoms with van der Waals surface area (Å²) in [6.45, 7) is 1.12. The number of benzene rings is 2. The van der Waals surface area contributed by atoms with Crippen LogP contribution in [-0.2, 0) is 13.1 Å². The van der Waals surface area contributed by atoms with Crippen LogP contribution >= 0.6 is 11.6 Å². The van der Waals surface area contributed by atoms with Gasteiger partial charge < -0.3 is 10.2 Å². The van der Waals surface area contributed by atoms with E-state index in [9.17, 15) is 4.79 Å². The molecule has 4 nitrogen and oxygen atoms in total. The molecule has 5 heteroatoms. The summed E-state index contributed by atoms with van der Waals surface area (Å²) in [7, 11) is 1.79. The summed E-state index contributed by atoms with van der Waals surface area (Å²) in [6.07, 6.45) is 3.29. The number of hydrogen-bond acceptors (Lipinski definition) is 3. The lowest BCUT2D eigenvalue weighted by molar-refractivity contribution is 0.0784. The molecule has 26 heavy (non-hydrogen) atoms. The number of carbonyl (C=O) groups excluding carboxylic acids is 1. The zero-order valence-corrected chi connectivity index (χ0v) is 15.3. The van der Waals surface area contributed by atoms with Crippen LogP contribution in [0.1, 0.15) is 21.5 Å². The van der Waals surface area contributed by atoms with E-state index in [4.69, 9.17) is 11.6 Å². The van der Waals surface area contributed by atoms with E-state index in [-0.39, 0.29) is 5.91 Å². The molecule has 0 fully saturated rings. The Morgan fingerprint density at radius 1 is 1.08 bits per heavy atom. The highest BCUT2D eigenvalue weighted by atomic mass is 35.5. The van der Waals surface area contributed by atoms with E-state index in [1.807, 2.05) is 60.7 Å². The number of nitrogens with one attached hydrogen (secondary N) is 1. The predicted octanol–water partition coefficient (Wildman–Crippen LogP) is 4.62. The van der Waals surface area contributed by atoms with Gasteiger partial charge in [0.1, 0.15) is 0 Å². The van der Waals surface area contributed by atoms with Gasteiger partial charge in [0.25, 0.3) is 5.91 Å². The van der Waals surface area contributed by atoms with E-state index in [0.29, 0.717) is 23.7 Å². The van der Waals surface area contributed by atoms with Gasteiger partial charge in [0, 0.05) is 37.6 Å². The number of amides is 1. The molecule has 0 atom stereocenters. The average Bonchev–Trinajstić information content (AvgIpc) is 2.68. The third kappa shape index (κ3) is 4.61. The lowest BCUT2D eigenvalue weighted by Crippen LogP contribution is -2.26. The molecule has 3 rings (SSSR count). The van der Waals surface area contributed by atoms with Gasteiger partial charge in [-0.25, -0.2) is 0 Å². The minimum absolute atomic E-state index is 0.0669. The van der Waals surface area contributed by atoms with Crippen molar-refractivity contribution in [2.24, 2.45) is 0 Å². The molecule has 3 aromatic rings. The number of pyridine rings is 1. The van der Waals surface area contributed by atoms with Gasteiger partial charge in [0.15, 0.2) is 0 Å². The van der Waals surface area contributed by atoms with E-state index in [2.05, 4.69) is 10.3 Å². The number of halogens is 1. The molecule has 1 N–H and O–H groups in total. The standard InChI is InChI=1S/C21H20ClN3O/c1-25(15-16-7-3-2-4-8-16)21(26)18-11-19(14-23-12-18)24-13-17-9-5-6-10-20(17)22/h2-12,14,24H,13,15H2,1H3. The first-order valence-electron chi connectivity index (χ1n) is 8.35. The molecule has 1 amide bonds. The maximum absolute atomic E-state index is 12.7. The number of anilines is 1. The number of carbonyl (C=O) groups is 1. The summed E-state index contributed by atoms with van der Waals surface area (Å²) in [5, 5.41) is 3.98. The van der Waals surface area contributed by atoms with Crippen molar-refractivity contribution in [3.05, 3.63) is 94.8 Å². The van der Waals surface area contributed by atoms with Gasteiger partial charge >= 0.3 is 0 Å². The Kier molecular flexibility index (Phi) is 5.87. The molecule has 1 heterocycles. The van der Waals surface area contributed by atoms with E-state index in [1.165, 1.54) is 0 Å². The van der Waals surface area contributed by atoms with Crippen LogP contribution in [0.5, 0.6) is 0 Å². The fourth-order valence-corrected chi connectivity index (χ4v) is 2.84. The van der Waals surface area contributed by atoms with Crippen LogP contribution in [0.15, 0.2) is 73.1 Å². The molecule has 0 aliphatic heterocycles. The Morgan fingerprint density at radius 3 is 2.58 bits per heavy atom. The minimum atomic E-state index is -0.0669. The molecule has 0 radical (unpaired) electrons. The van der Waals surface area contributed by atoms with E-state index < -0.39 is 0 Å². The average molecular weight is 366 g/mol. The van der Waals surface area contributed by atoms with Crippen LogP contribution < -0.4 is 5.32 Å². The van der Waals surface area contributed by atoms with Gasteiger partial charge in [0.05, 0.1) is 11.3 Å². The van der Waals surface area contributed by atoms with Crippen molar-refractivity contribution >= 4 is 23.2 Å². The second-order valence-corrected chi connectivity index (χ2v) is 6.46. The Hall–Kier alpha value is -2.85. The lowest BCUT2D eigenvalue weighted by atomic mass is 10.2. The molecule has 0 bridgehead atoms. The van der Waals surface area contributed by atoms with Gasteiger partial charge in [-0.15, -0.1) is 0 Å². The molecule has 0 spiro atoms. The van der Waals surface area contributed by atoms with Gasteiger partial charge in [-0.05, 0) is 23.3 Å². The zero-order valence-electron chi connectivity index (χ0n) is 14.5. The molecular weight excluding hydrogens is 346 g/mol. The largest absolute Gasteiger partial charge is 0.380 e. The Morgan fingerprint density at radius 2 is 1.81 bits per heavy atom. The molecule has 0 aliphatic rings.